The summed E-state index contributed by atoms with van der Waals surface area (Å²) in [5.74, 6) is -0.250. The van der Waals surface area contributed by atoms with Crippen LogP contribution in [0.25, 0.3) is 11.1 Å². The molecule has 1 aliphatic heterocycles. The van der Waals surface area contributed by atoms with Crippen LogP contribution in [-0.4, -0.2) is 38.8 Å². The van der Waals surface area contributed by atoms with Gasteiger partial charge in [-0.15, -0.1) is 0 Å². The van der Waals surface area contributed by atoms with Crippen molar-refractivity contribution in [3.8, 4) is 17.2 Å². The van der Waals surface area contributed by atoms with E-state index in [-0.39, 0.29) is 29.8 Å². The van der Waals surface area contributed by atoms with E-state index in [1.54, 1.807) is 11.9 Å². The van der Waals surface area contributed by atoms with Crippen molar-refractivity contribution in [2.75, 3.05) is 25.0 Å². The predicted octanol–water partition coefficient (Wildman–Crippen LogP) is 4.29. The van der Waals surface area contributed by atoms with Crippen molar-refractivity contribution in [3.05, 3.63) is 84.4 Å². The lowest BCUT2D eigenvalue weighted by Crippen LogP contribution is -2.43. The maximum atomic E-state index is 13.3. The highest BCUT2D eigenvalue weighted by Crippen LogP contribution is 2.32. The van der Waals surface area contributed by atoms with Gasteiger partial charge >= 0.3 is 0 Å². The Kier molecular flexibility index (Phi) is 6.59. The SMILES string of the molecule is CN(C(=O)C1CCN(S(=O)(=O)c2ccc(C#N)cc2)CC1)c1ccccc1-c1ccccc1. The van der Waals surface area contributed by atoms with E-state index in [9.17, 15) is 13.2 Å². The van der Waals surface area contributed by atoms with Crippen molar-refractivity contribution in [1.82, 2.24) is 4.31 Å². The number of hydrogen-bond acceptors (Lipinski definition) is 4. The highest BCUT2D eigenvalue weighted by atomic mass is 32.2. The summed E-state index contributed by atoms with van der Waals surface area (Å²) in [6.45, 7) is 0.569. The van der Waals surface area contributed by atoms with Gasteiger partial charge in [0.15, 0.2) is 0 Å². The average molecular weight is 460 g/mol. The number of carbonyl (C=O) groups is 1. The van der Waals surface area contributed by atoms with E-state index >= 15 is 0 Å². The van der Waals surface area contributed by atoms with Gasteiger partial charge in [-0.25, -0.2) is 8.42 Å². The normalized spacial score (nSPS) is 15.0. The van der Waals surface area contributed by atoms with Crippen LogP contribution < -0.4 is 4.90 Å². The number of rotatable bonds is 5. The Balaban J connectivity index is 1.46. The van der Waals surface area contributed by atoms with Gasteiger partial charge in [-0.3, -0.25) is 4.79 Å². The molecular formula is C26H25N3O3S. The number of piperidine rings is 1. The quantitative estimate of drug-likeness (QED) is 0.570. The number of nitrogens with zero attached hydrogens (tertiary/aromatic N) is 3. The summed E-state index contributed by atoms with van der Waals surface area (Å²) < 4.78 is 27.4. The van der Waals surface area contributed by atoms with Crippen LogP contribution in [0.4, 0.5) is 5.69 Å². The molecule has 0 saturated carbocycles. The lowest BCUT2D eigenvalue weighted by atomic mass is 9.95. The molecule has 4 rings (SSSR count). The molecule has 0 aliphatic carbocycles. The Labute approximate surface area is 194 Å². The number of carbonyl (C=O) groups excluding carboxylic acids is 1. The maximum Gasteiger partial charge on any atom is 0.243 e. The van der Waals surface area contributed by atoms with Crippen LogP contribution >= 0.6 is 0 Å². The van der Waals surface area contributed by atoms with E-state index in [2.05, 4.69) is 0 Å². The van der Waals surface area contributed by atoms with Gasteiger partial charge in [0, 0.05) is 31.6 Å². The fourth-order valence-corrected chi connectivity index (χ4v) is 5.68. The summed E-state index contributed by atoms with van der Waals surface area (Å²) in [6.07, 6.45) is 0.929. The summed E-state index contributed by atoms with van der Waals surface area (Å²) in [7, 11) is -1.87. The van der Waals surface area contributed by atoms with Gasteiger partial charge < -0.3 is 4.90 Å². The van der Waals surface area contributed by atoms with Crippen molar-refractivity contribution in [2.45, 2.75) is 17.7 Å². The summed E-state index contributed by atoms with van der Waals surface area (Å²) in [5.41, 5.74) is 3.27. The van der Waals surface area contributed by atoms with E-state index in [0.717, 1.165) is 16.8 Å². The Morgan fingerprint density at radius 2 is 1.55 bits per heavy atom. The van der Waals surface area contributed by atoms with Gasteiger partial charge in [-0.2, -0.15) is 9.57 Å². The van der Waals surface area contributed by atoms with Crippen LogP contribution in [0.1, 0.15) is 18.4 Å². The first-order valence-corrected chi connectivity index (χ1v) is 12.3. The third-order valence-corrected chi connectivity index (χ3v) is 8.02. The summed E-state index contributed by atoms with van der Waals surface area (Å²) >= 11 is 0. The highest BCUT2D eigenvalue weighted by molar-refractivity contribution is 7.89. The second-order valence-electron chi connectivity index (χ2n) is 8.09. The molecule has 3 aromatic carbocycles. The van der Waals surface area contributed by atoms with Gasteiger partial charge in [0.1, 0.15) is 0 Å². The van der Waals surface area contributed by atoms with E-state index in [1.165, 1.54) is 28.6 Å². The number of hydrogen-bond donors (Lipinski definition) is 0. The number of amides is 1. The molecule has 0 aromatic heterocycles. The zero-order valence-electron chi connectivity index (χ0n) is 18.4. The Morgan fingerprint density at radius 1 is 0.939 bits per heavy atom. The van der Waals surface area contributed by atoms with Gasteiger partial charge in [-0.05, 0) is 48.7 Å². The first kappa shape index (κ1) is 22.7. The third kappa shape index (κ3) is 4.68. The van der Waals surface area contributed by atoms with Gasteiger partial charge in [0.25, 0.3) is 0 Å². The molecule has 1 heterocycles. The van der Waals surface area contributed by atoms with Gasteiger partial charge in [0.2, 0.25) is 15.9 Å². The molecule has 0 radical (unpaired) electrons. The van der Waals surface area contributed by atoms with Crippen LogP contribution in [-0.2, 0) is 14.8 Å². The molecule has 168 valence electrons. The fourth-order valence-electron chi connectivity index (χ4n) is 4.21. The Hall–Kier alpha value is -3.47. The number of benzene rings is 3. The molecule has 1 saturated heterocycles. The summed E-state index contributed by atoms with van der Waals surface area (Å²) in [6, 6.07) is 25.7. The minimum Gasteiger partial charge on any atom is -0.315 e. The molecule has 0 N–H and O–H groups in total. The maximum absolute atomic E-state index is 13.3. The van der Waals surface area contributed by atoms with Crippen LogP contribution in [0.3, 0.4) is 0 Å². The molecule has 0 bridgehead atoms. The standard InChI is InChI=1S/C26H25N3O3S/c1-28(25-10-6-5-9-24(25)21-7-3-2-4-8-21)26(30)22-15-17-29(18-16-22)33(31,32)23-13-11-20(19-27)12-14-23/h2-14,22H,15-18H2,1H3. The number of anilines is 1. The topological polar surface area (TPSA) is 81.5 Å². The summed E-state index contributed by atoms with van der Waals surface area (Å²) in [4.78, 5) is 15.2. The zero-order valence-corrected chi connectivity index (χ0v) is 19.2. The van der Waals surface area contributed by atoms with Crippen molar-refractivity contribution < 1.29 is 13.2 Å². The van der Waals surface area contributed by atoms with E-state index in [1.807, 2.05) is 60.7 Å². The minimum absolute atomic E-state index is 0.00574. The van der Waals surface area contributed by atoms with Crippen LogP contribution in [0, 0.1) is 17.2 Å². The lowest BCUT2D eigenvalue weighted by molar-refractivity contribution is -0.123. The Morgan fingerprint density at radius 3 is 2.18 bits per heavy atom. The zero-order chi connectivity index (χ0) is 23.4. The number of para-hydroxylation sites is 1. The molecular weight excluding hydrogens is 434 g/mol. The molecule has 7 heteroatoms. The smallest absolute Gasteiger partial charge is 0.243 e. The van der Waals surface area contributed by atoms with Gasteiger partial charge in [-0.1, -0.05) is 48.5 Å². The van der Waals surface area contributed by atoms with Crippen LogP contribution in [0.2, 0.25) is 0 Å². The van der Waals surface area contributed by atoms with Gasteiger partial charge in [0.05, 0.1) is 22.2 Å². The highest BCUT2D eigenvalue weighted by Gasteiger charge is 2.33. The minimum atomic E-state index is -3.65. The molecule has 3 aromatic rings. The van der Waals surface area contributed by atoms with Crippen LogP contribution in [0.5, 0.6) is 0 Å². The lowest BCUT2D eigenvalue weighted by Gasteiger charge is -2.33. The van der Waals surface area contributed by atoms with E-state index in [4.69, 9.17) is 5.26 Å². The second kappa shape index (κ2) is 9.57. The first-order valence-electron chi connectivity index (χ1n) is 10.8. The van der Waals surface area contributed by atoms with Crippen molar-refractivity contribution in [2.24, 2.45) is 5.92 Å². The van der Waals surface area contributed by atoms with E-state index < -0.39 is 10.0 Å². The average Bonchev–Trinajstić information content (AvgIpc) is 2.88. The third-order valence-electron chi connectivity index (χ3n) is 6.11. The molecule has 0 unspecified atom stereocenters. The van der Waals surface area contributed by atoms with Crippen molar-refractivity contribution in [1.29, 1.82) is 5.26 Å². The number of sulfonamides is 1. The van der Waals surface area contributed by atoms with E-state index in [0.29, 0.717) is 18.4 Å². The molecule has 1 aliphatic rings. The molecule has 6 nitrogen and oxygen atoms in total. The van der Waals surface area contributed by atoms with Crippen molar-refractivity contribution >= 4 is 21.6 Å². The monoisotopic (exact) mass is 459 g/mol. The molecule has 0 spiro atoms. The first-order chi connectivity index (χ1) is 15.9. The molecule has 33 heavy (non-hydrogen) atoms. The largest absolute Gasteiger partial charge is 0.315 e. The second-order valence-corrected chi connectivity index (χ2v) is 10.0. The summed E-state index contributed by atoms with van der Waals surface area (Å²) in [5, 5.41) is 8.92. The molecule has 0 atom stereocenters. The molecule has 1 fully saturated rings. The van der Waals surface area contributed by atoms with Crippen molar-refractivity contribution in [3.63, 3.8) is 0 Å². The Bertz CT molecular complexity index is 1270. The molecule has 1 amide bonds. The predicted molar refractivity (Wildman–Crippen MR) is 128 cm³/mol. The fraction of sp³-hybridized carbons (Fsp3) is 0.231. The van der Waals surface area contributed by atoms with Crippen LogP contribution in [0.15, 0.2) is 83.8 Å². The number of nitriles is 1.